The molecule has 5 heteroatoms. The van der Waals surface area contributed by atoms with Gasteiger partial charge in [0, 0.05) is 25.1 Å². The number of rotatable bonds is 6. The van der Waals surface area contributed by atoms with Crippen LogP contribution in [0.3, 0.4) is 0 Å². The van der Waals surface area contributed by atoms with E-state index in [2.05, 4.69) is 5.32 Å². The fraction of sp³-hybridized carbons (Fsp3) is 0.417. The molecule has 0 heterocycles. The van der Waals surface area contributed by atoms with Crippen LogP contribution in [0, 0.1) is 0 Å². The highest BCUT2D eigenvalue weighted by molar-refractivity contribution is 6.17. The van der Waals surface area contributed by atoms with Crippen LogP contribution in [-0.4, -0.2) is 37.4 Å². The first-order valence-corrected chi connectivity index (χ1v) is 5.81. The Morgan fingerprint density at radius 3 is 2.65 bits per heavy atom. The number of hydrogen-bond donors (Lipinski definition) is 2. The Bertz CT molecular complexity index is 353. The first kappa shape index (κ1) is 14.0. The summed E-state index contributed by atoms with van der Waals surface area (Å²) in [7, 11) is 1.50. The van der Waals surface area contributed by atoms with Gasteiger partial charge in [-0.15, -0.1) is 11.6 Å². The van der Waals surface area contributed by atoms with Crippen LogP contribution in [0.1, 0.15) is 15.9 Å². The molecule has 2 N–H and O–H groups in total. The second-order valence-electron chi connectivity index (χ2n) is 3.65. The second-order valence-corrected chi connectivity index (χ2v) is 3.92. The largest absolute Gasteiger partial charge is 0.389 e. The van der Waals surface area contributed by atoms with Crippen molar-refractivity contribution in [2.75, 3.05) is 20.3 Å². The zero-order valence-corrected chi connectivity index (χ0v) is 10.4. The van der Waals surface area contributed by atoms with Crippen LogP contribution in [0.5, 0.6) is 0 Å². The Kier molecular flexibility index (Phi) is 5.97. The molecule has 0 saturated heterocycles. The van der Waals surface area contributed by atoms with Crippen molar-refractivity contribution in [2.24, 2.45) is 0 Å². The van der Waals surface area contributed by atoms with Gasteiger partial charge in [-0.2, -0.15) is 0 Å². The molecule has 1 unspecified atom stereocenters. The van der Waals surface area contributed by atoms with Crippen LogP contribution in [0.15, 0.2) is 24.3 Å². The number of nitrogens with one attached hydrogen (secondary N) is 1. The number of halogens is 1. The Hall–Kier alpha value is -1.10. The number of ether oxygens (including phenoxy) is 1. The summed E-state index contributed by atoms with van der Waals surface area (Å²) in [5, 5.41) is 12.0. The van der Waals surface area contributed by atoms with Gasteiger partial charge in [0.2, 0.25) is 0 Å². The van der Waals surface area contributed by atoms with Crippen LogP contribution in [0.25, 0.3) is 0 Å². The molecule has 4 nitrogen and oxygen atoms in total. The van der Waals surface area contributed by atoms with Crippen molar-refractivity contribution in [1.82, 2.24) is 5.32 Å². The molecule has 0 fully saturated rings. The lowest BCUT2D eigenvalue weighted by Gasteiger charge is -2.10. The van der Waals surface area contributed by atoms with Gasteiger partial charge < -0.3 is 15.2 Å². The zero-order valence-electron chi connectivity index (χ0n) is 9.65. The normalized spacial score (nSPS) is 12.2. The average Bonchev–Trinajstić information content (AvgIpc) is 2.36. The summed E-state index contributed by atoms with van der Waals surface area (Å²) in [6.45, 7) is 0.370. The van der Waals surface area contributed by atoms with Gasteiger partial charge >= 0.3 is 0 Å². The summed E-state index contributed by atoms with van der Waals surface area (Å²) in [5.41, 5.74) is 1.51. The molecule has 1 rings (SSSR count). The Morgan fingerprint density at radius 1 is 1.47 bits per heavy atom. The fourth-order valence-electron chi connectivity index (χ4n) is 1.31. The molecule has 0 aliphatic rings. The molecule has 1 atom stereocenters. The zero-order chi connectivity index (χ0) is 12.7. The van der Waals surface area contributed by atoms with Gasteiger partial charge in [0.1, 0.15) is 0 Å². The van der Waals surface area contributed by atoms with Gasteiger partial charge in [-0.3, -0.25) is 4.79 Å². The number of carbonyl (C=O) groups excluding carboxylic acids is 1. The van der Waals surface area contributed by atoms with Crippen molar-refractivity contribution < 1.29 is 14.6 Å². The molecule has 0 bridgehead atoms. The van der Waals surface area contributed by atoms with Crippen molar-refractivity contribution >= 4 is 17.5 Å². The van der Waals surface area contributed by atoms with Crippen LogP contribution >= 0.6 is 11.6 Å². The third-order valence-corrected chi connectivity index (χ3v) is 2.54. The number of hydrogen-bond acceptors (Lipinski definition) is 3. The minimum Gasteiger partial charge on any atom is -0.389 e. The predicted octanol–water partition coefficient (Wildman–Crippen LogP) is 1.16. The molecular formula is C12H16ClNO3. The topological polar surface area (TPSA) is 58.6 Å². The van der Waals surface area contributed by atoms with Crippen molar-refractivity contribution in [2.45, 2.75) is 12.0 Å². The van der Waals surface area contributed by atoms with E-state index >= 15 is 0 Å². The van der Waals surface area contributed by atoms with E-state index in [1.165, 1.54) is 7.11 Å². The highest BCUT2D eigenvalue weighted by Crippen LogP contribution is 2.06. The third-order valence-electron chi connectivity index (χ3n) is 2.23. The summed E-state index contributed by atoms with van der Waals surface area (Å²) in [6, 6.07) is 7.01. The highest BCUT2D eigenvalue weighted by atomic mass is 35.5. The quantitative estimate of drug-likeness (QED) is 0.752. The number of carbonyl (C=O) groups is 1. The number of aliphatic hydroxyl groups excluding tert-OH is 1. The molecule has 1 amide bonds. The molecule has 0 radical (unpaired) electrons. The standard InChI is InChI=1S/C12H16ClNO3/c1-17-8-11(15)7-14-12(16)10-4-2-9(6-13)3-5-10/h2-5,11,15H,6-8H2,1H3,(H,14,16). The molecule has 94 valence electrons. The predicted molar refractivity (Wildman–Crippen MR) is 66.2 cm³/mol. The van der Waals surface area contributed by atoms with E-state index in [-0.39, 0.29) is 19.1 Å². The lowest BCUT2D eigenvalue weighted by Crippen LogP contribution is -2.34. The summed E-state index contributed by atoms with van der Waals surface area (Å²) in [6.07, 6.45) is -0.689. The summed E-state index contributed by atoms with van der Waals surface area (Å²) in [5.74, 6) is 0.204. The maximum Gasteiger partial charge on any atom is 0.251 e. The van der Waals surface area contributed by atoms with Gasteiger partial charge in [0.15, 0.2) is 0 Å². The van der Waals surface area contributed by atoms with Gasteiger partial charge in [-0.25, -0.2) is 0 Å². The molecule has 17 heavy (non-hydrogen) atoms. The number of aliphatic hydroxyl groups is 1. The highest BCUT2D eigenvalue weighted by Gasteiger charge is 2.08. The molecule has 0 spiro atoms. The second kappa shape index (κ2) is 7.27. The monoisotopic (exact) mass is 257 g/mol. The molecule has 0 aliphatic carbocycles. The van der Waals surface area contributed by atoms with Gasteiger partial charge in [0.05, 0.1) is 12.7 Å². The van der Waals surface area contributed by atoms with Crippen molar-refractivity contribution in [3.8, 4) is 0 Å². The molecule has 1 aromatic rings. The molecule has 0 aliphatic heterocycles. The van der Waals surface area contributed by atoms with E-state index in [0.29, 0.717) is 11.4 Å². The Balaban J connectivity index is 2.46. The van der Waals surface area contributed by atoms with Crippen LogP contribution < -0.4 is 5.32 Å². The van der Waals surface area contributed by atoms with Crippen molar-refractivity contribution in [1.29, 1.82) is 0 Å². The molecule has 0 aromatic heterocycles. The minimum atomic E-state index is -0.689. The number of benzene rings is 1. The van der Waals surface area contributed by atoms with E-state index in [9.17, 15) is 9.90 Å². The summed E-state index contributed by atoms with van der Waals surface area (Å²) >= 11 is 5.65. The lowest BCUT2D eigenvalue weighted by atomic mass is 10.1. The molecular weight excluding hydrogens is 242 g/mol. The number of amides is 1. The summed E-state index contributed by atoms with van der Waals surface area (Å²) < 4.78 is 4.76. The van der Waals surface area contributed by atoms with Crippen molar-refractivity contribution in [3.63, 3.8) is 0 Å². The SMILES string of the molecule is COCC(O)CNC(=O)c1ccc(CCl)cc1. The van der Waals surface area contributed by atoms with Crippen LogP contribution in [-0.2, 0) is 10.6 Å². The molecule has 1 aromatic carbocycles. The first-order chi connectivity index (χ1) is 8.17. The summed E-state index contributed by atoms with van der Waals surface area (Å²) in [4.78, 5) is 11.7. The van der Waals surface area contributed by atoms with Gasteiger partial charge in [-0.1, -0.05) is 12.1 Å². The maximum atomic E-state index is 11.7. The fourth-order valence-corrected chi connectivity index (χ4v) is 1.49. The first-order valence-electron chi connectivity index (χ1n) is 5.27. The van der Waals surface area contributed by atoms with Crippen LogP contribution in [0.2, 0.25) is 0 Å². The van der Waals surface area contributed by atoms with E-state index in [1.54, 1.807) is 24.3 Å². The van der Waals surface area contributed by atoms with Crippen molar-refractivity contribution in [3.05, 3.63) is 35.4 Å². The van der Waals surface area contributed by atoms with E-state index < -0.39 is 6.10 Å². The third kappa shape index (κ3) is 4.73. The van der Waals surface area contributed by atoms with E-state index in [0.717, 1.165) is 5.56 Å². The lowest BCUT2D eigenvalue weighted by molar-refractivity contribution is 0.0610. The maximum absolute atomic E-state index is 11.7. The average molecular weight is 258 g/mol. The van der Waals surface area contributed by atoms with E-state index in [4.69, 9.17) is 16.3 Å². The van der Waals surface area contributed by atoms with Gasteiger partial charge in [-0.05, 0) is 17.7 Å². The minimum absolute atomic E-state index is 0.171. The number of methoxy groups -OCH3 is 1. The van der Waals surface area contributed by atoms with E-state index in [1.807, 2.05) is 0 Å². The Morgan fingerprint density at radius 2 is 2.12 bits per heavy atom. The van der Waals surface area contributed by atoms with Crippen LogP contribution in [0.4, 0.5) is 0 Å². The Labute approximate surface area is 106 Å². The molecule has 0 saturated carbocycles. The number of alkyl halides is 1. The van der Waals surface area contributed by atoms with Gasteiger partial charge in [0.25, 0.3) is 5.91 Å². The smallest absolute Gasteiger partial charge is 0.251 e.